The van der Waals surface area contributed by atoms with Gasteiger partial charge in [0.1, 0.15) is 0 Å². The zero-order valence-electron chi connectivity index (χ0n) is 3.84. The van der Waals surface area contributed by atoms with Crippen molar-refractivity contribution < 1.29 is 8.78 Å². The molecule has 0 aromatic carbocycles. The lowest BCUT2D eigenvalue weighted by Gasteiger charge is -1.94. The second-order valence-corrected chi connectivity index (χ2v) is 1.27. The number of halogens is 3. The molecule has 0 saturated carbocycles. The number of allylic oxidation sites excluding steroid dienone is 1. The predicted octanol–water partition coefficient (Wildman–Crippen LogP) is 1.64. The van der Waals surface area contributed by atoms with Crippen molar-refractivity contribution in [3.8, 4) is 0 Å². The molecule has 0 amide bonds. The Morgan fingerprint density at radius 1 is 1.38 bits per heavy atom. The summed E-state index contributed by atoms with van der Waals surface area (Å²) in [5.74, 6) is -2.78. The molecule has 0 atom stereocenters. The van der Waals surface area contributed by atoms with Crippen LogP contribution in [0.15, 0.2) is 17.3 Å². The van der Waals surface area contributed by atoms with Crippen LogP contribution < -0.4 is 0 Å². The number of aliphatic imine (C=N–C) groups is 1. The Labute approximate surface area is 51.5 Å². The van der Waals surface area contributed by atoms with Gasteiger partial charge in [-0.3, -0.25) is 4.99 Å². The molecule has 1 rings (SSSR count). The molecule has 0 radical (unpaired) electrons. The van der Waals surface area contributed by atoms with E-state index in [0.29, 0.717) is 6.21 Å². The fourth-order valence-corrected chi connectivity index (χ4v) is 0.328. The van der Waals surface area contributed by atoms with Gasteiger partial charge >= 0.3 is 5.92 Å². The molecular weight excluding hydrogens is 136 g/mol. The summed E-state index contributed by atoms with van der Waals surface area (Å²) in [4.78, 5) is 3.18. The van der Waals surface area contributed by atoms with E-state index in [2.05, 4.69) is 4.99 Å². The molecule has 1 heterocycles. The van der Waals surface area contributed by atoms with Crippen molar-refractivity contribution in [1.29, 1.82) is 0 Å². The van der Waals surface area contributed by atoms with Gasteiger partial charge in [-0.2, -0.15) is 8.78 Å². The SMILES string of the molecule is Cl.FC1(F)C=CN=C1. The highest BCUT2D eigenvalue weighted by atomic mass is 35.5. The molecule has 4 heteroatoms. The molecule has 0 spiro atoms. The summed E-state index contributed by atoms with van der Waals surface area (Å²) in [5, 5.41) is 0. The van der Waals surface area contributed by atoms with E-state index in [0.717, 1.165) is 12.3 Å². The van der Waals surface area contributed by atoms with Crippen molar-refractivity contribution >= 4 is 18.6 Å². The van der Waals surface area contributed by atoms with Gasteiger partial charge in [-0.05, 0) is 0 Å². The second-order valence-electron chi connectivity index (χ2n) is 1.27. The summed E-state index contributed by atoms with van der Waals surface area (Å²) >= 11 is 0. The lowest BCUT2D eigenvalue weighted by molar-refractivity contribution is 0.143. The Bertz CT molecular complexity index is 116. The fourth-order valence-electron chi connectivity index (χ4n) is 0.328. The molecule has 0 unspecified atom stereocenters. The van der Waals surface area contributed by atoms with Crippen LogP contribution in [0.1, 0.15) is 0 Å². The van der Waals surface area contributed by atoms with Crippen LogP contribution in [0.25, 0.3) is 0 Å². The van der Waals surface area contributed by atoms with E-state index in [1.165, 1.54) is 0 Å². The zero-order chi connectivity index (χ0) is 5.33. The summed E-state index contributed by atoms with van der Waals surface area (Å²) < 4.78 is 23.4. The maximum absolute atomic E-state index is 11.7. The average molecular weight is 140 g/mol. The summed E-state index contributed by atoms with van der Waals surface area (Å²) in [6.45, 7) is 0. The molecule has 1 nitrogen and oxygen atoms in total. The van der Waals surface area contributed by atoms with E-state index in [-0.39, 0.29) is 12.4 Å². The van der Waals surface area contributed by atoms with E-state index in [1.807, 2.05) is 0 Å². The van der Waals surface area contributed by atoms with Crippen molar-refractivity contribution in [2.24, 2.45) is 4.99 Å². The highest BCUT2D eigenvalue weighted by Gasteiger charge is 2.23. The van der Waals surface area contributed by atoms with Gasteiger partial charge < -0.3 is 0 Å². The van der Waals surface area contributed by atoms with Crippen LogP contribution in [0.4, 0.5) is 8.78 Å². The predicted molar refractivity (Wildman–Crippen MR) is 29.8 cm³/mol. The largest absolute Gasteiger partial charge is 0.303 e. The maximum Gasteiger partial charge on any atom is 0.303 e. The minimum Gasteiger partial charge on any atom is -0.263 e. The number of nitrogens with zero attached hydrogens (tertiary/aromatic N) is 1. The topological polar surface area (TPSA) is 12.4 Å². The first kappa shape index (κ1) is 7.56. The molecule has 8 heavy (non-hydrogen) atoms. The lowest BCUT2D eigenvalue weighted by Crippen LogP contribution is -2.09. The standard InChI is InChI=1S/C4H3F2N.ClH/c5-4(6)1-2-7-3-4;/h1-3H;1H. The first-order valence-electron chi connectivity index (χ1n) is 1.81. The van der Waals surface area contributed by atoms with Gasteiger partial charge in [-0.15, -0.1) is 12.4 Å². The van der Waals surface area contributed by atoms with E-state index >= 15 is 0 Å². The first-order chi connectivity index (χ1) is 3.21. The van der Waals surface area contributed by atoms with Gasteiger partial charge in [0, 0.05) is 12.3 Å². The average Bonchev–Trinajstić information content (AvgIpc) is 1.84. The van der Waals surface area contributed by atoms with Crippen molar-refractivity contribution in [2.75, 3.05) is 0 Å². The monoisotopic (exact) mass is 139 g/mol. The third-order valence-electron chi connectivity index (χ3n) is 0.629. The maximum atomic E-state index is 11.7. The smallest absolute Gasteiger partial charge is 0.263 e. The van der Waals surface area contributed by atoms with Crippen LogP contribution in [-0.2, 0) is 0 Å². The molecule has 0 bridgehead atoms. The minimum absolute atomic E-state index is 0. The van der Waals surface area contributed by atoms with E-state index in [4.69, 9.17) is 0 Å². The molecular formula is C4H4ClF2N. The van der Waals surface area contributed by atoms with Crippen LogP contribution in [0.5, 0.6) is 0 Å². The second kappa shape index (κ2) is 2.22. The summed E-state index contributed by atoms with van der Waals surface area (Å²) in [6.07, 6.45) is 2.43. The molecule has 46 valence electrons. The Morgan fingerprint density at radius 2 is 2.00 bits per heavy atom. The molecule has 0 aromatic heterocycles. The number of rotatable bonds is 0. The normalized spacial score (nSPS) is 20.8. The van der Waals surface area contributed by atoms with Gasteiger partial charge in [0.25, 0.3) is 0 Å². The molecule has 0 fully saturated rings. The Morgan fingerprint density at radius 3 is 2.12 bits per heavy atom. The zero-order valence-corrected chi connectivity index (χ0v) is 4.66. The van der Waals surface area contributed by atoms with Crippen molar-refractivity contribution in [1.82, 2.24) is 0 Å². The Kier molecular flexibility index (Phi) is 2.10. The summed E-state index contributed by atoms with van der Waals surface area (Å²) in [7, 11) is 0. The molecule has 1 aliphatic rings. The highest BCUT2D eigenvalue weighted by molar-refractivity contribution is 5.85. The van der Waals surface area contributed by atoms with Crippen LogP contribution in [0.2, 0.25) is 0 Å². The van der Waals surface area contributed by atoms with Crippen molar-refractivity contribution in [3.05, 3.63) is 12.3 Å². The fraction of sp³-hybridized carbons (Fsp3) is 0.250. The van der Waals surface area contributed by atoms with Crippen molar-refractivity contribution in [3.63, 3.8) is 0 Å². The Hall–Kier alpha value is -0.440. The molecule has 0 N–H and O–H groups in total. The van der Waals surface area contributed by atoms with E-state index in [9.17, 15) is 8.78 Å². The van der Waals surface area contributed by atoms with Gasteiger partial charge in [-0.25, -0.2) is 0 Å². The van der Waals surface area contributed by atoms with Gasteiger partial charge in [-0.1, -0.05) is 0 Å². The summed E-state index contributed by atoms with van der Waals surface area (Å²) in [6, 6.07) is 0. The highest BCUT2D eigenvalue weighted by Crippen LogP contribution is 2.15. The van der Waals surface area contributed by atoms with Crippen LogP contribution in [-0.4, -0.2) is 12.1 Å². The minimum atomic E-state index is -2.78. The lowest BCUT2D eigenvalue weighted by atomic mass is 10.4. The third kappa shape index (κ3) is 1.58. The van der Waals surface area contributed by atoms with E-state index in [1.54, 1.807) is 0 Å². The molecule has 0 aromatic rings. The van der Waals surface area contributed by atoms with E-state index < -0.39 is 5.92 Å². The van der Waals surface area contributed by atoms with Crippen LogP contribution in [0.3, 0.4) is 0 Å². The van der Waals surface area contributed by atoms with Gasteiger partial charge in [0.15, 0.2) is 0 Å². The molecule has 0 saturated heterocycles. The quantitative estimate of drug-likeness (QED) is 0.484. The van der Waals surface area contributed by atoms with Gasteiger partial charge in [0.2, 0.25) is 0 Å². The number of hydrogen-bond acceptors (Lipinski definition) is 1. The Balaban J connectivity index is 0.000000490. The molecule has 0 aliphatic carbocycles. The third-order valence-corrected chi connectivity index (χ3v) is 0.629. The first-order valence-corrected chi connectivity index (χ1v) is 1.81. The van der Waals surface area contributed by atoms with Crippen molar-refractivity contribution in [2.45, 2.75) is 5.92 Å². The number of hydrogen-bond donors (Lipinski definition) is 0. The van der Waals surface area contributed by atoms with Crippen LogP contribution in [0, 0.1) is 0 Å². The molecule has 1 aliphatic heterocycles. The van der Waals surface area contributed by atoms with Gasteiger partial charge in [0.05, 0.1) is 6.21 Å². The van der Waals surface area contributed by atoms with Crippen LogP contribution >= 0.6 is 12.4 Å². The summed E-state index contributed by atoms with van der Waals surface area (Å²) in [5.41, 5.74) is 0. The number of alkyl halides is 2.